The molecule has 0 saturated carbocycles. The second-order valence-corrected chi connectivity index (χ2v) is 5.44. The number of hydrogen-bond acceptors (Lipinski definition) is 3. The van der Waals surface area contributed by atoms with E-state index in [1.807, 2.05) is 14.1 Å². The Kier molecular flexibility index (Phi) is 6.52. The number of nitrogens with one attached hydrogen (secondary N) is 2. The van der Waals surface area contributed by atoms with Crippen molar-refractivity contribution >= 4 is 5.91 Å². The Morgan fingerprint density at radius 3 is 2.88 bits per heavy atom. The minimum absolute atomic E-state index is 0.199. The molecule has 4 nitrogen and oxygen atoms in total. The molecule has 2 unspecified atom stereocenters. The van der Waals surface area contributed by atoms with Gasteiger partial charge in [0.05, 0.1) is 0 Å². The van der Waals surface area contributed by atoms with Gasteiger partial charge in [-0.25, -0.2) is 0 Å². The summed E-state index contributed by atoms with van der Waals surface area (Å²) in [6.07, 6.45) is 3.18. The van der Waals surface area contributed by atoms with Crippen LogP contribution in [0.3, 0.4) is 0 Å². The first-order chi connectivity index (χ1) is 8.09. The lowest BCUT2D eigenvalue weighted by atomic mass is 9.85. The van der Waals surface area contributed by atoms with Crippen LogP contribution < -0.4 is 10.6 Å². The summed E-state index contributed by atoms with van der Waals surface area (Å²) >= 11 is 0. The van der Waals surface area contributed by atoms with Gasteiger partial charge in [-0.1, -0.05) is 6.92 Å². The Morgan fingerprint density at radius 1 is 1.53 bits per heavy atom. The summed E-state index contributed by atoms with van der Waals surface area (Å²) in [6.45, 7) is 6.07. The second kappa shape index (κ2) is 7.67. The molecule has 0 aromatic carbocycles. The normalized spacial score (nSPS) is 22.5. The van der Waals surface area contributed by atoms with Crippen molar-refractivity contribution in [3.8, 4) is 0 Å². The fraction of sp³-hybridized carbons (Fsp3) is 0.923. The van der Waals surface area contributed by atoms with Gasteiger partial charge in [-0.15, -0.1) is 0 Å². The van der Waals surface area contributed by atoms with Crippen LogP contribution in [0.15, 0.2) is 0 Å². The van der Waals surface area contributed by atoms with Crippen LogP contribution in [0.1, 0.15) is 26.2 Å². The molecular weight excluding hydrogens is 214 g/mol. The lowest BCUT2D eigenvalue weighted by Gasteiger charge is -2.28. The van der Waals surface area contributed by atoms with Crippen LogP contribution >= 0.6 is 0 Å². The van der Waals surface area contributed by atoms with Crippen molar-refractivity contribution in [3.05, 3.63) is 0 Å². The fourth-order valence-corrected chi connectivity index (χ4v) is 2.31. The van der Waals surface area contributed by atoms with E-state index in [4.69, 9.17) is 0 Å². The standard InChI is InChI=1S/C13H27N3O/c1-11(12-5-4-6-14-10-12)9-13(17)15-7-8-16(2)3/h11-12,14H,4-10H2,1-3H3,(H,15,17). The molecule has 1 fully saturated rings. The minimum atomic E-state index is 0.199. The average molecular weight is 241 g/mol. The molecule has 1 aliphatic rings. The molecule has 0 aliphatic carbocycles. The molecule has 0 radical (unpaired) electrons. The molecule has 0 spiro atoms. The lowest BCUT2D eigenvalue weighted by Crippen LogP contribution is -2.36. The van der Waals surface area contributed by atoms with Crippen LogP contribution in [-0.4, -0.2) is 51.1 Å². The van der Waals surface area contributed by atoms with Crippen molar-refractivity contribution in [1.82, 2.24) is 15.5 Å². The van der Waals surface area contributed by atoms with Crippen LogP contribution in [0.5, 0.6) is 0 Å². The molecule has 0 aromatic heterocycles. The molecule has 1 aliphatic heterocycles. The highest BCUT2D eigenvalue weighted by Gasteiger charge is 2.21. The number of carbonyl (C=O) groups excluding carboxylic acids is 1. The smallest absolute Gasteiger partial charge is 0.220 e. The zero-order chi connectivity index (χ0) is 12.7. The van der Waals surface area contributed by atoms with Gasteiger partial charge in [-0.2, -0.15) is 0 Å². The summed E-state index contributed by atoms with van der Waals surface area (Å²) in [6, 6.07) is 0. The molecule has 2 N–H and O–H groups in total. The van der Waals surface area contributed by atoms with E-state index < -0.39 is 0 Å². The number of piperidine rings is 1. The van der Waals surface area contributed by atoms with Gasteiger partial charge >= 0.3 is 0 Å². The van der Waals surface area contributed by atoms with E-state index in [-0.39, 0.29) is 5.91 Å². The van der Waals surface area contributed by atoms with Crippen LogP contribution in [0.4, 0.5) is 0 Å². The zero-order valence-electron chi connectivity index (χ0n) is 11.5. The molecule has 1 amide bonds. The van der Waals surface area contributed by atoms with Gasteiger partial charge in [0.25, 0.3) is 0 Å². The topological polar surface area (TPSA) is 44.4 Å². The van der Waals surface area contributed by atoms with Crippen molar-refractivity contribution < 1.29 is 4.79 Å². The van der Waals surface area contributed by atoms with Crippen molar-refractivity contribution in [1.29, 1.82) is 0 Å². The summed E-state index contributed by atoms with van der Waals surface area (Å²) in [4.78, 5) is 13.8. The van der Waals surface area contributed by atoms with Gasteiger partial charge in [0.1, 0.15) is 0 Å². The first kappa shape index (κ1) is 14.5. The van der Waals surface area contributed by atoms with Crippen molar-refractivity contribution in [2.45, 2.75) is 26.2 Å². The number of carbonyl (C=O) groups is 1. The van der Waals surface area contributed by atoms with Gasteiger partial charge in [-0.3, -0.25) is 4.79 Å². The quantitative estimate of drug-likeness (QED) is 0.719. The van der Waals surface area contributed by atoms with Crippen molar-refractivity contribution in [3.63, 3.8) is 0 Å². The van der Waals surface area contributed by atoms with E-state index >= 15 is 0 Å². The van der Waals surface area contributed by atoms with E-state index in [0.717, 1.165) is 26.2 Å². The molecule has 1 rings (SSSR count). The molecule has 100 valence electrons. The highest BCUT2D eigenvalue weighted by atomic mass is 16.1. The number of likely N-dealkylation sites (N-methyl/N-ethyl adjacent to an activating group) is 1. The van der Waals surface area contributed by atoms with Gasteiger partial charge in [0, 0.05) is 19.5 Å². The number of nitrogens with zero attached hydrogens (tertiary/aromatic N) is 1. The van der Waals surface area contributed by atoms with Crippen LogP contribution in [0, 0.1) is 11.8 Å². The largest absolute Gasteiger partial charge is 0.355 e. The molecule has 4 heteroatoms. The Labute approximate surface area is 105 Å². The monoisotopic (exact) mass is 241 g/mol. The van der Waals surface area contributed by atoms with E-state index in [1.54, 1.807) is 0 Å². The number of amides is 1. The first-order valence-corrected chi connectivity index (χ1v) is 6.71. The Bertz CT molecular complexity index is 225. The second-order valence-electron chi connectivity index (χ2n) is 5.44. The summed E-state index contributed by atoms with van der Waals surface area (Å²) < 4.78 is 0. The maximum Gasteiger partial charge on any atom is 0.220 e. The molecule has 0 aromatic rings. The van der Waals surface area contributed by atoms with Gasteiger partial charge in [0.15, 0.2) is 0 Å². The summed E-state index contributed by atoms with van der Waals surface area (Å²) in [7, 11) is 4.03. The third-order valence-electron chi connectivity index (χ3n) is 3.53. The Hall–Kier alpha value is -0.610. The predicted molar refractivity (Wildman–Crippen MR) is 70.9 cm³/mol. The molecule has 1 saturated heterocycles. The molecule has 0 bridgehead atoms. The predicted octanol–water partition coefficient (Wildman–Crippen LogP) is 0.690. The van der Waals surface area contributed by atoms with E-state index in [2.05, 4.69) is 22.5 Å². The maximum absolute atomic E-state index is 11.7. The average Bonchev–Trinajstić information content (AvgIpc) is 2.29. The summed E-state index contributed by atoms with van der Waals surface area (Å²) in [5, 5.41) is 6.39. The molecule has 1 heterocycles. The van der Waals surface area contributed by atoms with Crippen LogP contribution in [0.2, 0.25) is 0 Å². The van der Waals surface area contributed by atoms with Gasteiger partial charge in [0.2, 0.25) is 5.91 Å². The van der Waals surface area contributed by atoms with Crippen molar-refractivity contribution in [2.75, 3.05) is 40.3 Å². The molecule has 2 atom stereocenters. The number of hydrogen-bond donors (Lipinski definition) is 2. The van der Waals surface area contributed by atoms with E-state index in [1.165, 1.54) is 12.8 Å². The van der Waals surface area contributed by atoms with Gasteiger partial charge in [-0.05, 0) is 51.9 Å². The summed E-state index contributed by atoms with van der Waals surface area (Å²) in [5.74, 6) is 1.36. The SMILES string of the molecule is CC(CC(=O)NCCN(C)C)C1CCCNC1. The Morgan fingerprint density at radius 2 is 2.29 bits per heavy atom. The summed E-state index contributed by atoms with van der Waals surface area (Å²) in [5.41, 5.74) is 0. The lowest BCUT2D eigenvalue weighted by molar-refractivity contribution is -0.122. The number of rotatable bonds is 6. The third kappa shape index (κ3) is 6.03. The highest BCUT2D eigenvalue weighted by molar-refractivity contribution is 5.76. The van der Waals surface area contributed by atoms with E-state index in [0.29, 0.717) is 18.3 Å². The van der Waals surface area contributed by atoms with Crippen molar-refractivity contribution in [2.24, 2.45) is 11.8 Å². The third-order valence-corrected chi connectivity index (χ3v) is 3.53. The maximum atomic E-state index is 11.7. The molecular formula is C13H27N3O. The van der Waals surface area contributed by atoms with Gasteiger partial charge < -0.3 is 15.5 Å². The molecule has 17 heavy (non-hydrogen) atoms. The fourth-order valence-electron chi connectivity index (χ4n) is 2.31. The van der Waals surface area contributed by atoms with Crippen LogP contribution in [-0.2, 0) is 4.79 Å². The highest BCUT2D eigenvalue weighted by Crippen LogP contribution is 2.22. The van der Waals surface area contributed by atoms with E-state index in [9.17, 15) is 4.79 Å². The minimum Gasteiger partial charge on any atom is -0.355 e. The Balaban J connectivity index is 2.15. The zero-order valence-corrected chi connectivity index (χ0v) is 11.5. The van der Waals surface area contributed by atoms with Crippen LogP contribution in [0.25, 0.3) is 0 Å². The first-order valence-electron chi connectivity index (χ1n) is 6.71.